The van der Waals surface area contributed by atoms with Crippen LogP contribution >= 0.6 is 11.8 Å². The van der Waals surface area contributed by atoms with Crippen LogP contribution in [-0.2, 0) is 17.8 Å². The molecule has 1 amide bonds. The number of nitrogens with one attached hydrogen (secondary N) is 1. The van der Waals surface area contributed by atoms with Crippen LogP contribution in [-0.4, -0.2) is 36.4 Å². The van der Waals surface area contributed by atoms with Gasteiger partial charge < -0.3 is 9.88 Å². The van der Waals surface area contributed by atoms with Gasteiger partial charge in [0.15, 0.2) is 5.16 Å². The molecule has 0 aliphatic carbocycles. The molecule has 130 valence electrons. The summed E-state index contributed by atoms with van der Waals surface area (Å²) in [6.45, 7) is 8.74. The summed E-state index contributed by atoms with van der Waals surface area (Å²) in [7, 11) is 0. The molecule has 0 aliphatic rings. The molecule has 1 atom stereocenters. The average Bonchev–Trinajstić information content (AvgIpc) is 3.00. The summed E-state index contributed by atoms with van der Waals surface area (Å²) >= 11 is 1.43. The van der Waals surface area contributed by atoms with Gasteiger partial charge in [0.05, 0.1) is 5.25 Å². The van der Waals surface area contributed by atoms with Crippen molar-refractivity contribution in [3.63, 3.8) is 0 Å². The van der Waals surface area contributed by atoms with Gasteiger partial charge in [-0.3, -0.25) is 9.78 Å². The molecule has 2 heterocycles. The van der Waals surface area contributed by atoms with Crippen LogP contribution < -0.4 is 5.32 Å². The zero-order chi connectivity index (χ0) is 17.6. The first-order valence-electron chi connectivity index (χ1n) is 8.17. The first-order valence-corrected chi connectivity index (χ1v) is 9.05. The van der Waals surface area contributed by atoms with Crippen LogP contribution in [0.2, 0.25) is 0 Å². The highest BCUT2D eigenvalue weighted by molar-refractivity contribution is 8.00. The molecule has 1 N–H and O–H groups in total. The fourth-order valence-corrected chi connectivity index (χ4v) is 2.86. The molecule has 0 aromatic carbocycles. The molecule has 2 aromatic rings. The van der Waals surface area contributed by atoms with Crippen molar-refractivity contribution in [3.05, 3.63) is 36.4 Å². The van der Waals surface area contributed by atoms with Crippen LogP contribution in [0.25, 0.3) is 0 Å². The Bertz CT molecular complexity index is 656. The monoisotopic (exact) mass is 347 g/mol. The van der Waals surface area contributed by atoms with Gasteiger partial charge in [-0.25, -0.2) is 0 Å². The number of pyridine rings is 1. The van der Waals surface area contributed by atoms with Crippen LogP contribution in [0.15, 0.2) is 35.9 Å². The van der Waals surface area contributed by atoms with Crippen molar-refractivity contribution in [2.45, 2.75) is 63.0 Å². The van der Waals surface area contributed by atoms with Crippen molar-refractivity contribution < 1.29 is 4.79 Å². The van der Waals surface area contributed by atoms with Crippen molar-refractivity contribution in [2.75, 3.05) is 0 Å². The van der Waals surface area contributed by atoms with Gasteiger partial charge in [0.2, 0.25) is 5.91 Å². The van der Waals surface area contributed by atoms with E-state index in [1.54, 1.807) is 12.5 Å². The summed E-state index contributed by atoms with van der Waals surface area (Å²) in [5.74, 6) is 0.0196. The molecule has 0 aliphatic heterocycles. The Morgan fingerprint density at radius 1 is 1.42 bits per heavy atom. The van der Waals surface area contributed by atoms with Crippen LogP contribution in [0, 0.1) is 0 Å². The van der Waals surface area contributed by atoms with Gasteiger partial charge in [-0.1, -0.05) is 24.8 Å². The Morgan fingerprint density at radius 3 is 2.88 bits per heavy atom. The van der Waals surface area contributed by atoms with Crippen LogP contribution in [0.1, 0.15) is 39.8 Å². The van der Waals surface area contributed by atoms with E-state index in [0.717, 1.165) is 30.2 Å². The van der Waals surface area contributed by atoms with Gasteiger partial charge in [-0.05, 0) is 39.3 Å². The Morgan fingerprint density at radius 2 is 2.21 bits per heavy atom. The Labute approximate surface area is 147 Å². The van der Waals surface area contributed by atoms with Crippen LogP contribution in [0.4, 0.5) is 0 Å². The summed E-state index contributed by atoms with van der Waals surface area (Å²) in [5, 5.41) is 11.7. The maximum Gasteiger partial charge on any atom is 0.233 e. The fraction of sp³-hybridized carbons (Fsp3) is 0.529. The second-order valence-corrected chi connectivity index (χ2v) is 7.67. The third-order valence-corrected chi connectivity index (χ3v) is 5.01. The van der Waals surface area contributed by atoms with E-state index >= 15 is 0 Å². The fourth-order valence-electron chi connectivity index (χ4n) is 2.01. The van der Waals surface area contributed by atoms with E-state index in [9.17, 15) is 4.79 Å². The predicted molar refractivity (Wildman–Crippen MR) is 95.8 cm³/mol. The molecule has 6 nitrogen and oxygen atoms in total. The summed E-state index contributed by atoms with van der Waals surface area (Å²) in [4.78, 5) is 16.7. The molecular formula is C17H25N5OS. The van der Waals surface area contributed by atoms with Crippen molar-refractivity contribution in [3.8, 4) is 0 Å². The topological polar surface area (TPSA) is 72.7 Å². The lowest BCUT2D eigenvalue weighted by molar-refractivity contribution is -0.121. The average molecular weight is 347 g/mol. The number of amides is 1. The molecule has 0 saturated carbocycles. The molecule has 24 heavy (non-hydrogen) atoms. The lowest BCUT2D eigenvalue weighted by atomic mass is 10.0. The zero-order valence-corrected chi connectivity index (χ0v) is 15.5. The molecule has 2 rings (SSSR count). The SMILES string of the molecule is CCC(C)(C)NC(=O)C(C)Sc1nncn1CCc1ccccn1. The highest BCUT2D eigenvalue weighted by atomic mass is 32.2. The molecule has 0 radical (unpaired) electrons. The highest BCUT2D eigenvalue weighted by Crippen LogP contribution is 2.22. The van der Waals surface area contributed by atoms with E-state index in [4.69, 9.17) is 0 Å². The van der Waals surface area contributed by atoms with E-state index in [1.807, 2.05) is 43.5 Å². The minimum atomic E-state index is -0.228. The smallest absolute Gasteiger partial charge is 0.233 e. The minimum Gasteiger partial charge on any atom is -0.350 e. The van der Waals surface area contributed by atoms with Gasteiger partial charge in [-0.15, -0.1) is 10.2 Å². The maximum absolute atomic E-state index is 12.3. The van der Waals surface area contributed by atoms with Gasteiger partial charge in [-0.2, -0.15) is 0 Å². The number of aromatic nitrogens is 4. The first kappa shape index (κ1) is 18.4. The third kappa shape index (κ3) is 5.33. The number of carbonyl (C=O) groups is 1. The highest BCUT2D eigenvalue weighted by Gasteiger charge is 2.23. The maximum atomic E-state index is 12.3. The summed E-state index contributed by atoms with van der Waals surface area (Å²) in [6.07, 6.45) is 5.18. The van der Waals surface area contributed by atoms with Gasteiger partial charge in [0, 0.05) is 30.4 Å². The lowest BCUT2D eigenvalue weighted by Gasteiger charge is -2.26. The summed E-state index contributed by atoms with van der Waals surface area (Å²) < 4.78 is 1.97. The molecule has 2 aromatic heterocycles. The Kier molecular flexibility index (Phi) is 6.36. The Hall–Kier alpha value is -1.89. The van der Waals surface area contributed by atoms with Crippen LogP contribution in [0.3, 0.4) is 0 Å². The third-order valence-electron chi connectivity index (χ3n) is 3.91. The summed E-state index contributed by atoms with van der Waals surface area (Å²) in [6, 6.07) is 5.88. The second kappa shape index (κ2) is 8.28. The van der Waals surface area contributed by atoms with Gasteiger partial charge >= 0.3 is 0 Å². The number of thioether (sulfide) groups is 1. The van der Waals surface area contributed by atoms with Crippen molar-refractivity contribution >= 4 is 17.7 Å². The number of nitrogens with zero attached hydrogens (tertiary/aromatic N) is 4. The van der Waals surface area contributed by atoms with Crippen molar-refractivity contribution in [1.29, 1.82) is 0 Å². The summed E-state index contributed by atoms with van der Waals surface area (Å²) in [5.41, 5.74) is 0.830. The number of carbonyl (C=O) groups excluding carboxylic acids is 1. The molecule has 0 fully saturated rings. The number of hydrogen-bond acceptors (Lipinski definition) is 5. The van der Waals surface area contributed by atoms with Crippen molar-refractivity contribution in [2.24, 2.45) is 0 Å². The predicted octanol–water partition coefficient (Wildman–Crippen LogP) is 2.70. The number of aryl methyl sites for hydroxylation is 2. The van der Waals surface area contributed by atoms with E-state index in [2.05, 4.69) is 27.4 Å². The minimum absolute atomic E-state index is 0.0196. The van der Waals surface area contributed by atoms with Crippen LogP contribution in [0.5, 0.6) is 0 Å². The first-order chi connectivity index (χ1) is 11.4. The molecule has 0 bridgehead atoms. The largest absolute Gasteiger partial charge is 0.350 e. The van der Waals surface area contributed by atoms with E-state index in [-0.39, 0.29) is 16.7 Å². The molecular weight excluding hydrogens is 322 g/mol. The Balaban J connectivity index is 1.93. The molecule has 0 saturated heterocycles. The number of rotatable bonds is 8. The van der Waals surface area contributed by atoms with Gasteiger partial charge in [0.1, 0.15) is 6.33 Å². The van der Waals surface area contributed by atoms with E-state index in [1.165, 1.54) is 11.8 Å². The van der Waals surface area contributed by atoms with Gasteiger partial charge in [0.25, 0.3) is 0 Å². The lowest BCUT2D eigenvalue weighted by Crippen LogP contribution is -2.46. The van der Waals surface area contributed by atoms with E-state index in [0.29, 0.717) is 0 Å². The normalized spacial score (nSPS) is 12.8. The number of hydrogen-bond donors (Lipinski definition) is 1. The standard InChI is InChI=1S/C17H25N5OS/c1-5-17(3,4)20-15(23)13(2)24-16-21-19-12-22(16)11-9-14-8-6-7-10-18-14/h6-8,10,12-13H,5,9,11H2,1-4H3,(H,20,23). The van der Waals surface area contributed by atoms with Crippen molar-refractivity contribution in [1.82, 2.24) is 25.1 Å². The van der Waals surface area contributed by atoms with E-state index < -0.39 is 0 Å². The molecule has 0 spiro atoms. The zero-order valence-electron chi connectivity index (χ0n) is 14.7. The molecule has 7 heteroatoms. The molecule has 1 unspecified atom stereocenters. The second-order valence-electron chi connectivity index (χ2n) is 6.36. The quantitative estimate of drug-likeness (QED) is 0.743.